The van der Waals surface area contributed by atoms with Crippen LogP contribution >= 0.6 is 15.9 Å². The van der Waals surface area contributed by atoms with E-state index >= 15 is 0 Å². The SMILES string of the molecule is CC1CC(CCc2ccc3c(n2)NCCC3)CN1CC(CC(=O)O)c1cccc(Br)c1. The molecule has 2 aliphatic heterocycles. The Morgan fingerprint density at radius 3 is 3.03 bits per heavy atom. The number of fused-ring (bicyclic) bond motifs is 1. The Balaban J connectivity index is 1.35. The first-order valence-corrected chi connectivity index (χ1v) is 12.2. The van der Waals surface area contributed by atoms with Crippen molar-refractivity contribution in [3.63, 3.8) is 0 Å². The molecule has 3 atom stereocenters. The molecule has 166 valence electrons. The highest BCUT2D eigenvalue weighted by atomic mass is 79.9. The number of hydrogen-bond acceptors (Lipinski definition) is 4. The highest BCUT2D eigenvalue weighted by molar-refractivity contribution is 9.10. The van der Waals surface area contributed by atoms with Crippen molar-refractivity contribution in [1.29, 1.82) is 0 Å². The lowest BCUT2D eigenvalue weighted by Gasteiger charge is -2.27. The normalized spacial score (nSPS) is 22.0. The van der Waals surface area contributed by atoms with Crippen LogP contribution in [0.25, 0.3) is 0 Å². The third-order valence-electron chi connectivity index (χ3n) is 6.75. The zero-order chi connectivity index (χ0) is 21.8. The molecule has 1 saturated heterocycles. The fourth-order valence-corrected chi connectivity index (χ4v) is 5.50. The first-order chi connectivity index (χ1) is 15.0. The van der Waals surface area contributed by atoms with Crippen molar-refractivity contribution >= 4 is 27.7 Å². The molecule has 1 aromatic heterocycles. The maximum Gasteiger partial charge on any atom is 0.304 e. The van der Waals surface area contributed by atoms with Crippen molar-refractivity contribution in [3.8, 4) is 0 Å². The molecule has 0 aliphatic carbocycles. The van der Waals surface area contributed by atoms with Crippen molar-refractivity contribution in [1.82, 2.24) is 9.88 Å². The lowest BCUT2D eigenvalue weighted by Crippen LogP contribution is -2.32. The van der Waals surface area contributed by atoms with Crippen molar-refractivity contribution < 1.29 is 9.90 Å². The second-order valence-corrected chi connectivity index (χ2v) is 10.0. The largest absolute Gasteiger partial charge is 0.481 e. The molecule has 0 spiro atoms. The number of nitrogens with zero attached hydrogens (tertiary/aromatic N) is 2. The molecule has 3 unspecified atom stereocenters. The molecule has 0 bridgehead atoms. The number of aliphatic carboxylic acids is 1. The van der Waals surface area contributed by atoms with E-state index in [1.165, 1.54) is 24.1 Å². The summed E-state index contributed by atoms with van der Waals surface area (Å²) in [6.45, 7) is 5.13. The summed E-state index contributed by atoms with van der Waals surface area (Å²) in [5.74, 6) is 0.981. The standard InChI is InChI=1S/C25H32BrN3O2/c1-17-12-18(7-9-23-10-8-19-5-3-11-27-25(19)28-23)15-29(17)16-21(14-24(30)31)20-4-2-6-22(26)13-20/h2,4,6,8,10,13,17-18,21H,3,5,7,9,11-12,14-16H2,1H3,(H,27,28)(H,30,31). The average Bonchev–Trinajstić information content (AvgIpc) is 3.10. The minimum atomic E-state index is -0.736. The summed E-state index contributed by atoms with van der Waals surface area (Å²) in [6, 6.07) is 13.0. The van der Waals surface area contributed by atoms with Crippen LogP contribution in [0.3, 0.4) is 0 Å². The molecule has 3 heterocycles. The van der Waals surface area contributed by atoms with E-state index in [9.17, 15) is 9.90 Å². The van der Waals surface area contributed by atoms with Crippen LogP contribution in [0.2, 0.25) is 0 Å². The molecule has 2 aliphatic rings. The van der Waals surface area contributed by atoms with Gasteiger partial charge in [0.05, 0.1) is 6.42 Å². The molecule has 2 N–H and O–H groups in total. The molecule has 0 radical (unpaired) electrons. The smallest absolute Gasteiger partial charge is 0.304 e. The lowest BCUT2D eigenvalue weighted by atomic mass is 9.95. The predicted octanol–water partition coefficient (Wildman–Crippen LogP) is 5.10. The summed E-state index contributed by atoms with van der Waals surface area (Å²) < 4.78 is 1.000. The maximum absolute atomic E-state index is 11.5. The van der Waals surface area contributed by atoms with Gasteiger partial charge >= 0.3 is 5.97 Å². The second-order valence-electron chi connectivity index (χ2n) is 9.13. The number of halogens is 1. The van der Waals surface area contributed by atoms with Gasteiger partial charge in [-0.2, -0.15) is 0 Å². The number of carbonyl (C=O) groups is 1. The lowest BCUT2D eigenvalue weighted by molar-refractivity contribution is -0.137. The minimum absolute atomic E-state index is 0.00425. The van der Waals surface area contributed by atoms with Gasteiger partial charge in [0.1, 0.15) is 5.82 Å². The third-order valence-corrected chi connectivity index (χ3v) is 7.24. The fourth-order valence-electron chi connectivity index (χ4n) is 5.08. The summed E-state index contributed by atoms with van der Waals surface area (Å²) in [4.78, 5) is 18.8. The van der Waals surface area contributed by atoms with Gasteiger partial charge in [0.15, 0.2) is 0 Å². The highest BCUT2D eigenvalue weighted by Gasteiger charge is 2.31. The molecule has 6 heteroatoms. The van der Waals surface area contributed by atoms with Gasteiger partial charge in [0.25, 0.3) is 0 Å². The number of nitrogens with one attached hydrogen (secondary N) is 1. The zero-order valence-corrected chi connectivity index (χ0v) is 19.8. The Kier molecular flexibility index (Phi) is 7.28. The number of hydrogen-bond donors (Lipinski definition) is 2. The van der Waals surface area contributed by atoms with Crippen molar-refractivity contribution in [3.05, 3.63) is 57.7 Å². The number of carboxylic acid groups (broad SMARTS) is 1. The first-order valence-electron chi connectivity index (χ1n) is 11.4. The Morgan fingerprint density at radius 1 is 1.35 bits per heavy atom. The Labute approximate surface area is 193 Å². The minimum Gasteiger partial charge on any atom is -0.481 e. The van der Waals surface area contributed by atoms with E-state index in [0.29, 0.717) is 12.0 Å². The number of carboxylic acids is 1. The van der Waals surface area contributed by atoms with E-state index in [1.807, 2.05) is 18.2 Å². The van der Waals surface area contributed by atoms with Gasteiger partial charge in [-0.15, -0.1) is 0 Å². The van der Waals surface area contributed by atoms with Gasteiger partial charge < -0.3 is 10.4 Å². The number of aromatic nitrogens is 1. The third kappa shape index (κ3) is 5.86. The van der Waals surface area contributed by atoms with Crippen LogP contribution in [-0.4, -0.2) is 46.6 Å². The van der Waals surface area contributed by atoms with Crippen LogP contribution < -0.4 is 5.32 Å². The van der Waals surface area contributed by atoms with E-state index in [0.717, 1.165) is 54.8 Å². The number of benzene rings is 1. The van der Waals surface area contributed by atoms with Crippen LogP contribution in [-0.2, 0) is 17.6 Å². The number of likely N-dealkylation sites (tertiary alicyclic amines) is 1. The average molecular weight is 486 g/mol. The maximum atomic E-state index is 11.5. The molecular formula is C25H32BrN3O2. The van der Waals surface area contributed by atoms with Gasteiger partial charge in [-0.3, -0.25) is 9.69 Å². The Hall–Kier alpha value is -1.92. The topological polar surface area (TPSA) is 65.5 Å². The summed E-state index contributed by atoms with van der Waals surface area (Å²) in [6.07, 6.45) is 5.78. The van der Waals surface area contributed by atoms with E-state index < -0.39 is 5.97 Å². The molecule has 31 heavy (non-hydrogen) atoms. The van der Waals surface area contributed by atoms with E-state index in [4.69, 9.17) is 4.98 Å². The molecule has 0 amide bonds. The second kappa shape index (κ2) is 10.1. The van der Waals surface area contributed by atoms with Gasteiger partial charge in [0.2, 0.25) is 0 Å². The van der Waals surface area contributed by atoms with E-state index in [1.54, 1.807) is 0 Å². The van der Waals surface area contributed by atoms with Crippen LogP contribution in [0.15, 0.2) is 40.9 Å². The van der Waals surface area contributed by atoms with Crippen LogP contribution in [0.4, 0.5) is 5.82 Å². The van der Waals surface area contributed by atoms with Crippen molar-refractivity contribution in [2.24, 2.45) is 5.92 Å². The fraction of sp³-hybridized carbons (Fsp3) is 0.520. The predicted molar refractivity (Wildman–Crippen MR) is 128 cm³/mol. The van der Waals surface area contributed by atoms with Crippen molar-refractivity contribution in [2.45, 2.75) is 57.4 Å². The van der Waals surface area contributed by atoms with Gasteiger partial charge in [-0.05, 0) is 74.3 Å². The molecule has 5 nitrogen and oxygen atoms in total. The monoisotopic (exact) mass is 485 g/mol. The number of rotatable bonds is 8. The van der Waals surface area contributed by atoms with Crippen LogP contribution in [0.1, 0.15) is 55.3 Å². The molecule has 1 aromatic carbocycles. The first kappa shape index (κ1) is 22.3. The number of anilines is 1. The summed E-state index contributed by atoms with van der Waals surface area (Å²) in [7, 11) is 0. The van der Waals surface area contributed by atoms with Crippen LogP contribution in [0.5, 0.6) is 0 Å². The molecule has 1 fully saturated rings. The summed E-state index contributed by atoms with van der Waals surface area (Å²) in [5.41, 5.74) is 3.61. The van der Waals surface area contributed by atoms with E-state index in [2.05, 4.69) is 51.3 Å². The molecule has 0 saturated carbocycles. The Morgan fingerprint density at radius 2 is 2.23 bits per heavy atom. The zero-order valence-electron chi connectivity index (χ0n) is 18.2. The molecular weight excluding hydrogens is 454 g/mol. The van der Waals surface area contributed by atoms with Gasteiger partial charge in [-0.1, -0.05) is 34.1 Å². The molecule has 2 aromatic rings. The van der Waals surface area contributed by atoms with Crippen molar-refractivity contribution in [2.75, 3.05) is 25.0 Å². The summed E-state index contributed by atoms with van der Waals surface area (Å²) >= 11 is 3.52. The van der Waals surface area contributed by atoms with Gasteiger partial charge in [-0.25, -0.2) is 4.98 Å². The van der Waals surface area contributed by atoms with E-state index in [-0.39, 0.29) is 12.3 Å². The quantitative estimate of drug-likeness (QED) is 0.544. The summed E-state index contributed by atoms with van der Waals surface area (Å²) in [5, 5.41) is 12.9. The highest BCUT2D eigenvalue weighted by Crippen LogP contribution is 2.31. The van der Waals surface area contributed by atoms with Crippen LogP contribution in [0, 0.1) is 5.92 Å². The number of pyridine rings is 1. The molecule has 4 rings (SSSR count). The van der Waals surface area contributed by atoms with Gasteiger partial charge in [0, 0.05) is 41.8 Å². The Bertz CT molecular complexity index is 919. The number of aryl methyl sites for hydroxylation is 2.